The number of rotatable bonds is 5. The monoisotopic (exact) mass is 223 g/mol. The van der Waals surface area contributed by atoms with Crippen LogP contribution in [0.3, 0.4) is 0 Å². The number of ether oxygens (including phenoxy) is 1. The second-order valence-electron chi connectivity index (χ2n) is 4.74. The first-order valence-electron chi connectivity index (χ1n) is 5.95. The summed E-state index contributed by atoms with van der Waals surface area (Å²) in [6.45, 7) is 4.45. The largest absolute Gasteiger partial charge is 0.493 e. The Morgan fingerprint density at radius 3 is 2.75 bits per heavy atom. The number of nitrogens with one attached hydrogen (secondary N) is 1. The predicted molar refractivity (Wildman–Crippen MR) is 63.8 cm³/mol. The van der Waals surface area contributed by atoms with Crippen molar-refractivity contribution in [2.24, 2.45) is 7.05 Å². The molecule has 1 aliphatic rings. The van der Waals surface area contributed by atoms with E-state index in [0.717, 1.165) is 11.8 Å². The van der Waals surface area contributed by atoms with Crippen LogP contribution < -0.4 is 10.1 Å². The average molecular weight is 223 g/mol. The molecule has 90 valence electrons. The first-order chi connectivity index (χ1) is 7.63. The molecule has 0 aromatic carbocycles. The molecule has 1 aliphatic carbocycles. The molecular formula is C12H21N3O. The standard InChI is InChI=1S/C12H21N3O/c1-8(9(2)14-10-5-6-10)12-11(16-4)7-13-15(12)3/h7-10,14H,5-6H2,1-4H3. The van der Waals surface area contributed by atoms with E-state index < -0.39 is 0 Å². The van der Waals surface area contributed by atoms with Gasteiger partial charge in [-0.2, -0.15) is 5.10 Å². The third kappa shape index (κ3) is 2.21. The van der Waals surface area contributed by atoms with Crippen LogP contribution in [-0.2, 0) is 7.05 Å². The van der Waals surface area contributed by atoms with Gasteiger partial charge in [-0.05, 0) is 19.8 Å². The molecule has 1 aromatic heterocycles. The number of hydrogen-bond acceptors (Lipinski definition) is 3. The lowest BCUT2D eigenvalue weighted by Crippen LogP contribution is -2.33. The number of aromatic nitrogens is 2. The van der Waals surface area contributed by atoms with Crippen LogP contribution in [0.1, 0.15) is 38.3 Å². The van der Waals surface area contributed by atoms with Gasteiger partial charge in [0.1, 0.15) is 0 Å². The Hall–Kier alpha value is -1.03. The normalized spacial score (nSPS) is 19.5. The predicted octanol–water partition coefficient (Wildman–Crippen LogP) is 1.67. The van der Waals surface area contributed by atoms with Gasteiger partial charge in [0.05, 0.1) is 19.0 Å². The topological polar surface area (TPSA) is 39.1 Å². The molecule has 4 heteroatoms. The fourth-order valence-corrected chi connectivity index (χ4v) is 2.11. The van der Waals surface area contributed by atoms with Crippen molar-refractivity contribution in [1.82, 2.24) is 15.1 Å². The molecule has 0 aliphatic heterocycles. The molecule has 2 atom stereocenters. The number of nitrogens with zero attached hydrogens (tertiary/aromatic N) is 2. The van der Waals surface area contributed by atoms with E-state index in [-0.39, 0.29) is 0 Å². The van der Waals surface area contributed by atoms with Crippen LogP contribution in [-0.4, -0.2) is 29.0 Å². The summed E-state index contributed by atoms with van der Waals surface area (Å²) in [6, 6.07) is 1.19. The summed E-state index contributed by atoms with van der Waals surface area (Å²) >= 11 is 0. The minimum atomic E-state index is 0.406. The number of aryl methyl sites for hydroxylation is 1. The maximum atomic E-state index is 5.35. The molecule has 0 radical (unpaired) electrons. The van der Waals surface area contributed by atoms with Crippen LogP contribution in [0.25, 0.3) is 0 Å². The Kier molecular flexibility index (Phi) is 3.19. The fraction of sp³-hybridized carbons (Fsp3) is 0.750. The highest BCUT2D eigenvalue weighted by atomic mass is 16.5. The zero-order valence-electron chi connectivity index (χ0n) is 10.5. The van der Waals surface area contributed by atoms with Crippen molar-refractivity contribution in [2.75, 3.05) is 7.11 Å². The third-order valence-corrected chi connectivity index (χ3v) is 3.43. The van der Waals surface area contributed by atoms with Crippen molar-refractivity contribution >= 4 is 0 Å². The summed E-state index contributed by atoms with van der Waals surface area (Å²) in [5.41, 5.74) is 1.17. The Balaban J connectivity index is 2.11. The molecule has 0 amide bonds. The minimum Gasteiger partial charge on any atom is -0.493 e. The van der Waals surface area contributed by atoms with E-state index in [0.29, 0.717) is 12.0 Å². The highest BCUT2D eigenvalue weighted by molar-refractivity contribution is 5.29. The maximum absolute atomic E-state index is 5.35. The van der Waals surface area contributed by atoms with Crippen LogP contribution >= 0.6 is 0 Å². The van der Waals surface area contributed by atoms with Gasteiger partial charge in [0.25, 0.3) is 0 Å². The van der Waals surface area contributed by atoms with E-state index in [4.69, 9.17) is 4.74 Å². The van der Waals surface area contributed by atoms with E-state index in [1.165, 1.54) is 18.5 Å². The summed E-state index contributed by atoms with van der Waals surface area (Å²) in [5.74, 6) is 1.29. The molecule has 1 heterocycles. The van der Waals surface area contributed by atoms with E-state index in [2.05, 4.69) is 24.3 Å². The molecule has 0 bridgehead atoms. The van der Waals surface area contributed by atoms with Crippen molar-refractivity contribution in [3.05, 3.63) is 11.9 Å². The second kappa shape index (κ2) is 4.45. The van der Waals surface area contributed by atoms with Gasteiger partial charge >= 0.3 is 0 Å². The second-order valence-corrected chi connectivity index (χ2v) is 4.74. The summed E-state index contributed by atoms with van der Waals surface area (Å²) in [6.07, 6.45) is 4.43. The van der Waals surface area contributed by atoms with Crippen molar-refractivity contribution in [2.45, 2.75) is 44.7 Å². The van der Waals surface area contributed by atoms with Gasteiger partial charge in [-0.25, -0.2) is 0 Å². The zero-order chi connectivity index (χ0) is 11.7. The number of methoxy groups -OCH3 is 1. The van der Waals surface area contributed by atoms with Crippen LogP contribution in [0.2, 0.25) is 0 Å². The van der Waals surface area contributed by atoms with Gasteiger partial charge in [-0.15, -0.1) is 0 Å². The number of hydrogen-bond donors (Lipinski definition) is 1. The lowest BCUT2D eigenvalue weighted by atomic mass is 9.99. The van der Waals surface area contributed by atoms with Gasteiger partial charge < -0.3 is 10.1 Å². The summed E-state index contributed by atoms with van der Waals surface area (Å²) in [5, 5.41) is 7.87. The first-order valence-corrected chi connectivity index (χ1v) is 5.95. The SMILES string of the molecule is COc1cnn(C)c1C(C)C(C)NC1CC1. The molecular weight excluding hydrogens is 202 g/mol. The van der Waals surface area contributed by atoms with E-state index in [1.807, 2.05) is 11.7 Å². The molecule has 0 spiro atoms. The first kappa shape index (κ1) is 11.5. The van der Waals surface area contributed by atoms with Gasteiger partial charge in [0, 0.05) is 25.0 Å². The maximum Gasteiger partial charge on any atom is 0.160 e. The highest BCUT2D eigenvalue weighted by Gasteiger charge is 2.28. The van der Waals surface area contributed by atoms with Gasteiger partial charge in [0.15, 0.2) is 5.75 Å². The van der Waals surface area contributed by atoms with E-state index in [9.17, 15) is 0 Å². The van der Waals surface area contributed by atoms with Crippen molar-refractivity contribution in [3.63, 3.8) is 0 Å². The third-order valence-electron chi connectivity index (χ3n) is 3.43. The lowest BCUT2D eigenvalue weighted by molar-refractivity contribution is 0.390. The molecule has 1 saturated carbocycles. The zero-order valence-corrected chi connectivity index (χ0v) is 10.5. The smallest absolute Gasteiger partial charge is 0.160 e. The highest BCUT2D eigenvalue weighted by Crippen LogP contribution is 2.29. The van der Waals surface area contributed by atoms with Gasteiger partial charge in [-0.1, -0.05) is 6.92 Å². The quantitative estimate of drug-likeness (QED) is 0.825. The molecule has 0 saturated heterocycles. The molecule has 1 N–H and O–H groups in total. The van der Waals surface area contributed by atoms with E-state index in [1.54, 1.807) is 13.3 Å². The van der Waals surface area contributed by atoms with Crippen LogP contribution in [0.5, 0.6) is 5.75 Å². The molecule has 1 fully saturated rings. The Morgan fingerprint density at radius 2 is 2.19 bits per heavy atom. The Labute approximate surface area is 97.0 Å². The Morgan fingerprint density at radius 1 is 1.50 bits per heavy atom. The molecule has 2 rings (SSSR count). The summed E-state index contributed by atoms with van der Waals surface area (Å²) in [7, 11) is 3.67. The van der Waals surface area contributed by atoms with Crippen molar-refractivity contribution in [1.29, 1.82) is 0 Å². The minimum absolute atomic E-state index is 0.406. The Bertz CT molecular complexity index is 357. The van der Waals surface area contributed by atoms with Crippen molar-refractivity contribution < 1.29 is 4.74 Å². The molecule has 16 heavy (non-hydrogen) atoms. The van der Waals surface area contributed by atoms with Gasteiger partial charge in [-0.3, -0.25) is 4.68 Å². The molecule has 4 nitrogen and oxygen atoms in total. The molecule has 1 aromatic rings. The van der Waals surface area contributed by atoms with E-state index >= 15 is 0 Å². The van der Waals surface area contributed by atoms with Crippen LogP contribution in [0, 0.1) is 0 Å². The fourth-order valence-electron chi connectivity index (χ4n) is 2.11. The van der Waals surface area contributed by atoms with Crippen molar-refractivity contribution in [3.8, 4) is 5.75 Å². The summed E-state index contributed by atoms with van der Waals surface area (Å²) in [4.78, 5) is 0. The molecule has 2 unspecified atom stereocenters. The van der Waals surface area contributed by atoms with Gasteiger partial charge in [0.2, 0.25) is 0 Å². The lowest BCUT2D eigenvalue weighted by Gasteiger charge is -2.22. The van der Waals surface area contributed by atoms with Crippen LogP contribution in [0.15, 0.2) is 6.20 Å². The average Bonchev–Trinajstić information content (AvgIpc) is 2.99. The summed E-state index contributed by atoms with van der Waals surface area (Å²) < 4.78 is 7.26. The van der Waals surface area contributed by atoms with Crippen LogP contribution in [0.4, 0.5) is 0 Å².